The van der Waals surface area contributed by atoms with Gasteiger partial charge >= 0.3 is 0 Å². The first-order chi connectivity index (χ1) is 10.4. The molecule has 114 valence electrons. The summed E-state index contributed by atoms with van der Waals surface area (Å²) in [5, 5.41) is 14.3. The summed E-state index contributed by atoms with van der Waals surface area (Å²) >= 11 is 3.37. The Balaban J connectivity index is 2.30. The number of nitro groups is 1. The lowest BCUT2D eigenvalue weighted by molar-refractivity contribution is -0.384. The van der Waals surface area contributed by atoms with Crippen LogP contribution in [0.1, 0.15) is 35.8 Å². The second-order valence-corrected chi connectivity index (χ2v) is 5.88. The van der Waals surface area contributed by atoms with Gasteiger partial charge in [0.2, 0.25) is 0 Å². The second-order valence-electron chi connectivity index (χ2n) is 4.96. The quantitative estimate of drug-likeness (QED) is 0.473. The minimum atomic E-state index is -0.483. The van der Waals surface area contributed by atoms with Crippen LogP contribution in [0.3, 0.4) is 0 Å². The highest BCUT2D eigenvalue weighted by Crippen LogP contribution is 2.29. The first-order valence-electron chi connectivity index (χ1n) is 6.70. The summed E-state index contributed by atoms with van der Waals surface area (Å²) in [6, 6.07) is 12.1. The fourth-order valence-electron chi connectivity index (χ4n) is 2.09. The normalized spacial score (nSPS) is 11.8. The van der Waals surface area contributed by atoms with E-state index in [2.05, 4.69) is 21.2 Å². The summed E-state index contributed by atoms with van der Waals surface area (Å²) in [4.78, 5) is 22.1. The SMILES string of the molecule is CC(=O)c1ccc(N[C@@H](C)c2ccc(Br)cc2)c([N+](=O)[O-])c1. The summed E-state index contributed by atoms with van der Waals surface area (Å²) in [7, 11) is 0. The predicted molar refractivity (Wildman–Crippen MR) is 89.3 cm³/mol. The molecule has 5 nitrogen and oxygen atoms in total. The molecule has 0 bridgehead atoms. The molecule has 0 aliphatic heterocycles. The van der Waals surface area contributed by atoms with Crippen LogP contribution in [0, 0.1) is 10.1 Å². The summed E-state index contributed by atoms with van der Waals surface area (Å²) in [5.74, 6) is -0.199. The molecular formula is C16H15BrN2O3. The molecule has 0 aromatic heterocycles. The topological polar surface area (TPSA) is 72.2 Å². The van der Waals surface area contributed by atoms with Gasteiger partial charge in [0, 0.05) is 22.1 Å². The third-order valence-corrected chi connectivity index (χ3v) is 3.87. The summed E-state index contributed by atoms with van der Waals surface area (Å²) in [5.41, 5.74) is 1.63. The van der Waals surface area contributed by atoms with Gasteiger partial charge in [0.05, 0.1) is 4.92 Å². The van der Waals surface area contributed by atoms with Crippen molar-refractivity contribution in [3.8, 4) is 0 Å². The molecule has 1 N–H and O–H groups in total. The zero-order valence-electron chi connectivity index (χ0n) is 12.2. The third kappa shape index (κ3) is 3.71. The minimum absolute atomic E-state index is 0.100. The van der Waals surface area contributed by atoms with Gasteiger partial charge in [-0.25, -0.2) is 0 Å². The monoisotopic (exact) mass is 362 g/mol. The molecule has 0 spiro atoms. The largest absolute Gasteiger partial charge is 0.373 e. The highest BCUT2D eigenvalue weighted by molar-refractivity contribution is 9.10. The standard InChI is InChI=1S/C16H15BrN2O3/c1-10(12-3-6-14(17)7-4-12)18-15-8-5-13(11(2)20)9-16(15)19(21)22/h3-10,18H,1-2H3/t10-/m0/s1. The zero-order valence-corrected chi connectivity index (χ0v) is 13.8. The van der Waals surface area contributed by atoms with Crippen molar-refractivity contribution in [3.63, 3.8) is 0 Å². The maximum absolute atomic E-state index is 11.4. The van der Waals surface area contributed by atoms with Crippen molar-refractivity contribution in [2.45, 2.75) is 19.9 Å². The zero-order chi connectivity index (χ0) is 16.3. The van der Waals surface area contributed by atoms with E-state index in [1.165, 1.54) is 13.0 Å². The van der Waals surface area contributed by atoms with Gasteiger partial charge in [0.25, 0.3) is 5.69 Å². The van der Waals surface area contributed by atoms with E-state index in [1.807, 2.05) is 31.2 Å². The van der Waals surface area contributed by atoms with Crippen molar-refractivity contribution in [2.24, 2.45) is 0 Å². The fourth-order valence-corrected chi connectivity index (χ4v) is 2.36. The van der Waals surface area contributed by atoms with Crippen LogP contribution in [0.15, 0.2) is 46.9 Å². The van der Waals surface area contributed by atoms with Gasteiger partial charge in [-0.2, -0.15) is 0 Å². The van der Waals surface area contributed by atoms with E-state index in [1.54, 1.807) is 12.1 Å². The summed E-state index contributed by atoms with van der Waals surface area (Å²) in [6.07, 6.45) is 0. The Morgan fingerprint density at radius 3 is 2.41 bits per heavy atom. The molecule has 0 amide bonds. The number of anilines is 1. The summed E-state index contributed by atoms with van der Waals surface area (Å²) in [6.45, 7) is 3.31. The van der Waals surface area contributed by atoms with E-state index in [0.717, 1.165) is 10.0 Å². The Bertz CT molecular complexity index is 714. The van der Waals surface area contributed by atoms with Crippen molar-refractivity contribution >= 4 is 33.1 Å². The molecule has 6 heteroatoms. The molecule has 0 radical (unpaired) electrons. The molecule has 22 heavy (non-hydrogen) atoms. The van der Waals surface area contributed by atoms with E-state index in [0.29, 0.717) is 11.3 Å². The van der Waals surface area contributed by atoms with Crippen LogP contribution in [-0.2, 0) is 0 Å². The van der Waals surface area contributed by atoms with E-state index < -0.39 is 4.92 Å². The second kappa shape index (κ2) is 6.70. The minimum Gasteiger partial charge on any atom is -0.373 e. The number of rotatable bonds is 5. The lowest BCUT2D eigenvalue weighted by atomic mass is 10.1. The summed E-state index contributed by atoms with van der Waals surface area (Å²) < 4.78 is 0.972. The van der Waals surface area contributed by atoms with Crippen LogP contribution in [-0.4, -0.2) is 10.7 Å². The van der Waals surface area contributed by atoms with E-state index in [9.17, 15) is 14.9 Å². The number of nitrogens with zero attached hydrogens (tertiary/aromatic N) is 1. The van der Waals surface area contributed by atoms with Gasteiger partial charge in [0.1, 0.15) is 5.69 Å². The van der Waals surface area contributed by atoms with Crippen LogP contribution >= 0.6 is 15.9 Å². The Labute approximate surface area is 136 Å². The van der Waals surface area contributed by atoms with Gasteiger partial charge in [0.15, 0.2) is 5.78 Å². The number of carbonyl (C=O) groups excluding carboxylic acids is 1. The number of halogens is 1. The molecule has 0 aliphatic rings. The lowest BCUT2D eigenvalue weighted by Gasteiger charge is -2.16. The van der Waals surface area contributed by atoms with Gasteiger partial charge in [-0.15, -0.1) is 0 Å². The molecule has 2 aromatic rings. The number of benzene rings is 2. The van der Waals surface area contributed by atoms with Crippen molar-refractivity contribution in [1.82, 2.24) is 0 Å². The number of nitrogens with one attached hydrogen (secondary N) is 1. The van der Waals surface area contributed by atoms with Crippen molar-refractivity contribution in [2.75, 3.05) is 5.32 Å². The highest BCUT2D eigenvalue weighted by atomic mass is 79.9. The van der Waals surface area contributed by atoms with E-state index in [-0.39, 0.29) is 17.5 Å². The van der Waals surface area contributed by atoms with Crippen molar-refractivity contribution in [1.29, 1.82) is 0 Å². The Kier molecular flexibility index (Phi) is 4.92. The Morgan fingerprint density at radius 2 is 1.86 bits per heavy atom. The van der Waals surface area contributed by atoms with E-state index >= 15 is 0 Å². The Morgan fingerprint density at radius 1 is 1.23 bits per heavy atom. The van der Waals surface area contributed by atoms with Crippen LogP contribution in [0.2, 0.25) is 0 Å². The van der Waals surface area contributed by atoms with Gasteiger partial charge < -0.3 is 5.32 Å². The number of hydrogen-bond acceptors (Lipinski definition) is 4. The molecular weight excluding hydrogens is 348 g/mol. The molecule has 0 saturated heterocycles. The highest BCUT2D eigenvalue weighted by Gasteiger charge is 2.18. The fraction of sp³-hybridized carbons (Fsp3) is 0.188. The maximum atomic E-state index is 11.4. The van der Waals surface area contributed by atoms with E-state index in [4.69, 9.17) is 0 Å². The predicted octanol–water partition coefficient (Wildman–Crippen LogP) is 4.73. The lowest BCUT2D eigenvalue weighted by Crippen LogP contribution is -2.09. The number of carbonyl (C=O) groups is 1. The van der Waals surface area contributed by atoms with Crippen LogP contribution in [0.25, 0.3) is 0 Å². The van der Waals surface area contributed by atoms with Gasteiger partial charge in [-0.05, 0) is 43.7 Å². The average Bonchev–Trinajstić information content (AvgIpc) is 2.47. The van der Waals surface area contributed by atoms with Crippen LogP contribution < -0.4 is 5.32 Å². The number of ketones is 1. The number of hydrogen-bond donors (Lipinski definition) is 1. The molecule has 2 rings (SSSR count). The van der Waals surface area contributed by atoms with Crippen molar-refractivity contribution in [3.05, 3.63) is 68.2 Å². The molecule has 0 unspecified atom stereocenters. The average molecular weight is 363 g/mol. The molecule has 2 aromatic carbocycles. The number of nitro benzene ring substituents is 1. The first kappa shape index (κ1) is 16.2. The molecule has 1 atom stereocenters. The van der Waals surface area contributed by atoms with Gasteiger partial charge in [-0.1, -0.05) is 28.1 Å². The molecule has 0 heterocycles. The smallest absolute Gasteiger partial charge is 0.293 e. The van der Waals surface area contributed by atoms with Crippen LogP contribution in [0.5, 0.6) is 0 Å². The van der Waals surface area contributed by atoms with Gasteiger partial charge in [-0.3, -0.25) is 14.9 Å². The third-order valence-electron chi connectivity index (χ3n) is 3.34. The van der Waals surface area contributed by atoms with Crippen molar-refractivity contribution < 1.29 is 9.72 Å². The van der Waals surface area contributed by atoms with Crippen LogP contribution in [0.4, 0.5) is 11.4 Å². The first-order valence-corrected chi connectivity index (χ1v) is 7.49. The Hall–Kier alpha value is -2.21. The molecule has 0 saturated carbocycles. The molecule has 0 aliphatic carbocycles. The maximum Gasteiger partial charge on any atom is 0.293 e. The number of Topliss-reactive ketones (excluding diaryl/α,β-unsaturated/α-hetero) is 1. The molecule has 0 fully saturated rings.